The van der Waals surface area contributed by atoms with Gasteiger partial charge in [0.15, 0.2) is 0 Å². The number of carbonyl (C=O) groups excluding carboxylic acids is 1. The molecule has 1 N–H and O–H groups in total. The number of nitrogens with zero attached hydrogens (tertiary/aromatic N) is 2. The smallest absolute Gasteiger partial charge is 0.293 e. The van der Waals surface area contributed by atoms with Crippen molar-refractivity contribution in [3.8, 4) is 12.3 Å². The van der Waals surface area contributed by atoms with E-state index in [0.29, 0.717) is 24.6 Å². The second-order valence-corrected chi connectivity index (χ2v) is 5.35. The van der Waals surface area contributed by atoms with Crippen molar-refractivity contribution in [3.05, 3.63) is 58.0 Å². The van der Waals surface area contributed by atoms with Crippen molar-refractivity contribution in [2.45, 2.75) is 6.54 Å². The molecule has 0 saturated heterocycles. The Bertz CT molecular complexity index is 796. The molecule has 0 bridgehead atoms. The van der Waals surface area contributed by atoms with Crippen LogP contribution in [0, 0.1) is 22.5 Å². The molecule has 0 atom stereocenters. The zero-order chi connectivity index (χ0) is 18.9. The molecule has 1 aromatic carbocycles. The van der Waals surface area contributed by atoms with Gasteiger partial charge in [-0.25, -0.2) is 0 Å². The van der Waals surface area contributed by atoms with Crippen molar-refractivity contribution in [3.63, 3.8) is 0 Å². The van der Waals surface area contributed by atoms with E-state index in [1.54, 1.807) is 12.1 Å². The van der Waals surface area contributed by atoms with E-state index in [-0.39, 0.29) is 24.3 Å². The van der Waals surface area contributed by atoms with E-state index in [1.165, 1.54) is 36.5 Å². The number of nitrogens with one attached hydrogen (secondary N) is 1. The highest BCUT2D eigenvalue weighted by molar-refractivity contribution is 5.95. The van der Waals surface area contributed by atoms with Gasteiger partial charge in [0.1, 0.15) is 11.4 Å². The summed E-state index contributed by atoms with van der Waals surface area (Å²) in [6.45, 7) is 1.04. The van der Waals surface area contributed by atoms with Gasteiger partial charge < -0.3 is 19.4 Å². The molecule has 0 saturated carbocycles. The SMILES string of the molecule is C#CCN(Cc1ccco1)C(=O)c1ccc(NCCOC)c([N+](=O)[O-])c1. The number of rotatable bonds is 9. The first-order chi connectivity index (χ1) is 12.6. The van der Waals surface area contributed by atoms with Gasteiger partial charge in [-0.1, -0.05) is 5.92 Å². The highest BCUT2D eigenvalue weighted by Gasteiger charge is 2.21. The van der Waals surface area contributed by atoms with Gasteiger partial charge in [0.05, 0.1) is 30.9 Å². The number of nitro groups is 1. The standard InChI is InChI=1S/C18H19N3O5/c1-3-9-20(13-15-5-4-10-26-15)18(22)14-6-7-16(19-8-11-25-2)17(12-14)21(23)24/h1,4-7,10,12,19H,8-9,11,13H2,2H3. The number of amides is 1. The fourth-order valence-corrected chi connectivity index (χ4v) is 2.34. The quantitative estimate of drug-likeness (QED) is 0.320. The number of carbonyl (C=O) groups is 1. The Morgan fingerprint density at radius 1 is 1.46 bits per heavy atom. The van der Waals surface area contributed by atoms with Gasteiger partial charge in [-0.05, 0) is 24.3 Å². The van der Waals surface area contributed by atoms with Crippen molar-refractivity contribution >= 4 is 17.3 Å². The second-order valence-electron chi connectivity index (χ2n) is 5.35. The van der Waals surface area contributed by atoms with Gasteiger partial charge in [-0.3, -0.25) is 14.9 Å². The Morgan fingerprint density at radius 3 is 2.88 bits per heavy atom. The van der Waals surface area contributed by atoms with Gasteiger partial charge in [-0.2, -0.15) is 0 Å². The molecule has 8 heteroatoms. The van der Waals surface area contributed by atoms with Crippen molar-refractivity contribution in [2.75, 3.05) is 32.1 Å². The van der Waals surface area contributed by atoms with Crippen LogP contribution in [-0.4, -0.2) is 42.5 Å². The van der Waals surface area contributed by atoms with Crippen LogP contribution in [0.5, 0.6) is 0 Å². The summed E-state index contributed by atoms with van der Waals surface area (Å²) in [5, 5.41) is 14.3. The van der Waals surface area contributed by atoms with Gasteiger partial charge >= 0.3 is 0 Å². The summed E-state index contributed by atoms with van der Waals surface area (Å²) in [7, 11) is 1.54. The first-order valence-corrected chi connectivity index (χ1v) is 7.83. The van der Waals surface area contributed by atoms with Crippen LogP contribution < -0.4 is 5.32 Å². The van der Waals surface area contributed by atoms with Gasteiger partial charge in [0, 0.05) is 25.3 Å². The van der Waals surface area contributed by atoms with E-state index in [2.05, 4.69) is 11.2 Å². The predicted molar refractivity (Wildman–Crippen MR) is 95.7 cm³/mol. The Labute approximate surface area is 150 Å². The normalized spacial score (nSPS) is 10.2. The summed E-state index contributed by atoms with van der Waals surface area (Å²) in [5.41, 5.74) is 0.305. The topological polar surface area (TPSA) is 97.9 Å². The van der Waals surface area contributed by atoms with Crippen molar-refractivity contribution < 1.29 is 18.9 Å². The Balaban J connectivity index is 2.24. The maximum absolute atomic E-state index is 12.7. The summed E-state index contributed by atoms with van der Waals surface area (Å²) in [6, 6.07) is 7.70. The van der Waals surface area contributed by atoms with Crippen LogP contribution in [0.15, 0.2) is 41.0 Å². The predicted octanol–water partition coefficient (Wildman–Crippen LogP) is 2.52. The number of nitro benzene ring substituents is 1. The zero-order valence-corrected chi connectivity index (χ0v) is 14.3. The number of ether oxygens (including phenoxy) is 1. The maximum Gasteiger partial charge on any atom is 0.293 e. The summed E-state index contributed by atoms with van der Waals surface area (Å²) < 4.78 is 10.2. The summed E-state index contributed by atoms with van der Waals surface area (Å²) >= 11 is 0. The molecule has 136 valence electrons. The average molecular weight is 357 g/mol. The third-order valence-electron chi connectivity index (χ3n) is 3.56. The number of methoxy groups -OCH3 is 1. The van der Waals surface area contributed by atoms with Crippen LogP contribution in [0.3, 0.4) is 0 Å². The molecule has 1 aromatic heterocycles. The third-order valence-corrected chi connectivity index (χ3v) is 3.56. The molecular formula is C18H19N3O5. The van der Waals surface area contributed by atoms with E-state index in [9.17, 15) is 14.9 Å². The van der Waals surface area contributed by atoms with Crippen molar-refractivity contribution in [1.82, 2.24) is 4.90 Å². The molecule has 26 heavy (non-hydrogen) atoms. The summed E-state index contributed by atoms with van der Waals surface area (Å²) in [5.74, 6) is 2.58. The molecule has 0 aliphatic heterocycles. The minimum absolute atomic E-state index is 0.0567. The molecule has 1 heterocycles. The van der Waals surface area contributed by atoms with E-state index in [1.807, 2.05) is 0 Å². The van der Waals surface area contributed by atoms with Crippen LogP contribution in [0.1, 0.15) is 16.1 Å². The lowest BCUT2D eigenvalue weighted by Gasteiger charge is -2.19. The third kappa shape index (κ3) is 4.84. The summed E-state index contributed by atoms with van der Waals surface area (Å²) in [6.07, 6.45) is 6.84. The Kier molecular flexibility index (Phi) is 6.76. The molecule has 0 fully saturated rings. The first kappa shape index (κ1) is 19.0. The Morgan fingerprint density at radius 2 is 2.27 bits per heavy atom. The van der Waals surface area contributed by atoms with E-state index < -0.39 is 10.8 Å². The maximum atomic E-state index is 12.7. The number of furan rings is 1. The molecule has 8 nitrogen and oxygen atoms in total. The van der Waals surface area contributed by atoms with Crippen molar-refractivity contribution in [2.24, 2.45) is 0 Å². The lowest BCUT2D eigenvalue weighted by molar-refractivity contribution is -0.384. The highest BCUT2D eigenvalue weighted by Crippen LogP contribution is 2.26. The molecule has 0 radical (unpaired) electrons. The first-order valence-electron chi connectivity index (χ1n) is 7.83. The number of terminal acetylenes is 1. The van der Waals surface area contributed by atoms with Crippen LogP contribution in [0.2, 0.25) is 0 Å². The second kappa shape index (κ2) is 9.25. The van der Waals surface area contributed by atoms with Crippen LogP contribution in [0.25, 0.3) is 0 Å². The monoisotopic (exact) mass is 357 g/mol. The van der Waals surface area contributed by atoms with Crippen LogP contribution in [-0.2, 0) is 11.3 Å². The van der Waals surface area contributed by atoms with Crippen LogP contribution in [0.4, 0.5) is 11.4 Å². The lowest BCUT2D eigenvalue weighted by atomic mass is 10.1. The summed E-state index contributed by atoms with van der Waals surface area (Å²) in [4.78, 5) is 24.9. The van der Waals surface area contributed by atoms with Gasteiger partial charge in [-0.15, -0.1) is 6.42 Å². The molecule has 1 amide bonds. The average Bonchev–Trinajstić information content (AvgIpc) is 3.14. The molecule has 0 spiro atoms. The molecule has 2 aromatic rings. The van der Waals surface area contributed by atoms with Crippen molar-refractivity contribution in [1.29, 1.82) is 0 Å². The lowest BCUT2D eigenvalue weighted by Crippen LogP contribution is -2.30. The molecule has 0 unspecified atom stereocenters. The fraction of sp³-hybridized carbons (Fsp3) is 0.278. The number of anilines is 1. The van der Waals surface area contributed by atoms with E-state index >= 15 is 0 Å². The van der Waals surface area contributed by atoms with Crippen LogP contribution >= 0.6 is 0 Å². The number of benzene rings is 1. The van der Waals surface area contributed by atoms with E-state index in [4.69, 9.17) is 15.6 Å². The fourth-order valence-electron chi connectivity index (χ4n) is 2.34. The van der Waals surface area contributed by atoms with Gasteiger partial charge in [0.25, 0.3) is 11.6 Å². The zero-order valence-electron chi connectivity index (χ0n) is 14.3. The molecular weight excluding hydrogens is 338 g/mol. The minimum Gasteiger partial charge on any atom is -0.467 e. The van der Waals surface area contributed by atoms with E-state index in [0.717, 1.165) is 0 Å². The van der Waals surface area contributed by atoms with Gasteiger partial charge in [0.2, 0.25) is 0 Å². The molecule has 0 aliphatic rings. The minimum atomic E-state index is -0.538. The largest absolute Gasteiger partial charge is 0.467 e. The molecule has 0 aliphatic carbocycles. The highest BCUT2D eigenvalue weighted by atomic mass is 16.6. The Hall–Kier alpha value is -3.31. The number of hydrogen-bond donors (Lipinski definition) is 1. The number of hydrogen-bond acceptors (Lipinski definition) is 6. The molecule has 2 rings (SSSR count).